The lowest BCUT2D eigenvalue weighted by Crippen LogP contribution is -2.45. The highest BCUT2D eigenvalue weighted by Crippen LogP contribution is 2.26. The number of phenolic OH excluding ortho intramolecular Hbond substituents is 1. The van der Waals surface area contributed by atoms with Gasteiger partial charge in [-0.3, -0.25) is 9.59 Å². The molecule has 9 heteroatoms. The van der Waals surface area contributed by atoms with E-state index in [-0.39, 0.29) is 29.9 Å². The Morgan fingerprint density at radius 2 is 1.80 bits per heavy atom. The Morgan fingerprint density at radius 1 is 1.07 bits per heavy atom. The van der Waals surface area contributed by atoms with Crippen molar-refractivity contribution < 1.29 is 34.1 Å². The number of esters is 1. The van der Waals surface area contributed by atoms with E-state index in [9.17, 15) is 24.6 Å². The highest BCUT2D eigenvalue weighted by Gasteiger charge is 2.31. The van der Waals surface area contributed by atoms with Gasteiger partial charge in [0.2, 0.25) is 11.8 Å². The zero-order valence-electron chi connectivity index (χ0n) is 27.0. The smallest absolute Gasteiger partial charge is 0.328 e. The number of aliphatic hydroxyl groups is 1. The topological polar surface area (TPSA) is 134 Å². The Morgan fingerprint density at radius 3 is 2.53 bits per heavy atom. The van der Waals surface area contributed by atoms with Crippen LogP contribution >= 0.6 is 0 Å². The van der Waals surface area contributed by atoms with Crippen molar-refractivity contribution in [1.82, 2.24) is 5.32 Å². The summed E-state index contributed by atoms with van der Waals surface area (Å²) in [6.07, 6.45) is 17.4. The molecule has 246 valence electrons. The first-order valence-corrected chi connectivity index (χ1v) is 16.1. The summed E-state index contributed by atoms with van der Waals surface area (Å²) in [7, 11) is 1.54. The molecule has 45 heavy (non-hydrogen) atoms. The van der Waals surface area contributed by atoms with Crippen molar-refractivity contribution in [2.24, 2.45) is 11.8 Å². The number of nitrogens with one attached hydrogen (secondary N) is 2. The van der Waals surface area contributed by atoms with Gasteiger partial charge in [0.1, 0.15) is 17.9 Å². The molecule has 5 atom stereocenters. The first-order chi connectivity index (χ1) is 21.6. The maximum Gasteiger partial charge on any atom is 0.328 e. The van der Waals surface area contributed by atoms with E-state index in [0.717, 1.165) is 43.2 Å². The number of benzene rings is 1. The molecule has 1 aliphatic carbocycles. The summed E-state index contributed by atoms with van der Waals surface area (Å²) in [5.74, 6) is -1.33. The van der Waals surface area contributed by atoms with Gasteiger partial charge in [0.05, 0.1) is 18.6 Å². The SMILES string of the molecule is COC1C=CC=CC=CCC(OC(=O)C(C)NC(=O)C2CCCCC2)C(C)C(O)C(C)=CCCc2cc(O)cc(c2)NC(=O)C1. The molecule has 1 fully saturated rings. The Bertz CT molecular complexity index is 1260. The fourth-order valence-corrected chi connectivity index (χ4v) is 5.70. The van der Waals surface area contributed by atoms with Crippen molar-refractivity contribution in [3.05, 3.63) is 71.9 Å². The fraction of sp³-hybridized carbons (Fsp3) is 0.528. The van der Waals surface area contributed by atoms with Crippen LogP contribution in [0.25, 0.3) is 0 Å². The number of rotatable bonds is 5. The van der Waals surface area contributed by atoms with E-state index < -0.39 is 36.2 Å². The molecular formula is C36H50N2O7. The van der Waals surface area contributed by atoms with Crippen LogP contribution in [0.4, 0.5) is 5.69 Å². The number of amides is 2. The number of aryl methyl sites for hydroxylation is 1. The second-order valence-corrected chi connectivity index (χ2v) is 12.2. The van der Waals surface area contributed by atoms with Crippen LogP contribution in [-0.2, 0) is 30.3 Å². The molecule has 5 unspecified atom stereocenters. The largest absolute Gasteiger partial charge is 0.508 e. The van der Waals surface area contributed by atoms with Crippen LogP contribution in [0.15, 0.2) is 66.3 Å². The van der Waals surface area contributed by atoms with E-state index in [1.54, 1.807) is 31.2 Å². The van der Waals surface area contributed by atoms with Gasteiger partial charge in [0.15, 0.2) is 0 Å². The minimum atomic E-state index is -0.874. The lowest BCUT2D eigenvalue weighted by atomic mass is 9.88. The summed E-state index contributed by atoms with van der Waals surface area (Å²) in [4.78, 5) is 38.5. The Kier molecular flexibility index (Phi) is 14.6. The lowest BCUT2D eigenvalue weighted by Gasteiger charge is -2.29. The molecule has 1 aromatic rings. The molecule has 0 aromatic heterocycles. The molecule has 2 aliphatic rings. The molecule has 1 heterocycles. The molecule has 1 aliphatic heterocycles. The van der Waals surface area contributed by atoms with Crippen LogP contribution in [0.1, 0.15) is 77.7 Å². The first kappa shape index (κ1) is 35.8. The van der Waals surface area contributed by atoms with Gasteiger partial charge >= 0.3 is 5.97 Å². The van der Waals surface area contributed by atoms with Crippen LogP contribution in [0.3, 0.4) is 0 Å². The Labute approximate surface area is 267 Å². The quantitative estimate of drug-likeness (QED) is 0.245. The van der Waals surface area contributed by atoms with Gasteiger partial charge in [-0.25, -0.2) is 4.79 Å². The molecule has 4 N–H and O–H groups in total. The summed E-state index contributed by atoms with van der Waals surface area (Å²) < 4.78 is 11.4. The lowest BCUT2D eigenvalue weighted by molar-refractivity contribution is -0.156. The normalized spacial score (nSPS) is 24.9. The number of phenols is 1. The monoisotopic (exact) mass is 622 g/mol. The van der Waals surface area contributed by atoms with Crippen LogP contribution in [0.2, 0.25) is 0 Å². The zero-order chi connectivity index (χ0) is 32.8. The molecule has 3 rings (SSSR count). The number of aliphatic hydroxyl groups excluding tert-OH is 1. The number of allylic oxidation sites excluding steroid dienone is 5. The van der Waals surface area contributed by atoms with Gasteiger partial charge in [-0.1, -0.05) is 68.7 Å². The number of anilines is 1. The van der Waals surface area contributed by atoms with E-state index >= 15 is 0 Å². The van der Waals surface area contributed by atoms with E-state index in [2.05, 4.69) is 10.6 Å². The van der Waals surface area contributed by atoms with E-state index in [0.29, 0.717) is 24.9 Å². The average molecular weight is 623 g/mol. The molecule has 0 saturated heterocycles. The third-order valence-corrected chi connectivity index (χ3v) is 8.52. The number of methoxy groups -OCH3 is 1. The fourth-order valence-electron chi connectivity index (χ4n) is 5.70. The summed E-state index contributed by atoms with van der Waals surface area (Å²) in [6.45, 7) is 5.33. The number of hydrogen-bond donors (Lipinski definition) is 4. The zero-order valence-corrected chi connectivity index (χ0v) is 27.0. The van der Waals surface area contributed by atoms with E-state index in [1.807, 2.05) is 44.2 Å². The van der Waals surface area contributed by atoms with Gasteiger partial charge < -0.3 is 30.3 Å². The molecule has 1 saturated carbocycles. The highest BCUT2D eigenvalue weighted by molar-refractivity contribution is 5.91. The van der Waals surface area contributed by atoms with Crippen LogP contribution in [0, 0.1) is 11.8 Å². The Hall–Kier alpha value is -3.69. The number of ether oxygens (including phenoxy) is 2. The van der Waals surface area contributed by atoms with Gasteiger partial charge in [-0.2, -0.15) is 0 Å². The number of fused-ring (bicyclic) bond motifs is 2. The minimum Gasteiger partial charge on any atom is -0.508 e. The van der Waals surface area contributed by atoms with Crippen LogP contribution < -0.4 is 10.6 Å². The van der Waals surface area contributed by atoms with Crippen molar-refractivity contribution >= 4 is 23.5 Å². The second-order valence-electron chi connectivity index (χ2n) is 12.2. The molecule has 0 radical (unpaired) electrons. The number of carbonyl (C=O) groups is 3. The standard InChI is InChI=1S/C36H50N2O7/c1-24-14-13-15-27-20-29(22-30(39)21-27)38-33(40)23-31(44-4)18-11-6-5-7-12-19-32(25(2)34(24)41)45-36(43)26(3)37-35(42)28-16-9-8-10-17-28/h5-7,11-12,14,18,20-22,25-26,28,31-32,34,39,41H,8-10,13,15-17,19,23H2,1-4H3,(H,37,42)(H,38,40). The summed E-state index contributed by atoms with van der Waals surface area (Å²) in [5.41, 5.74) is 2.06. The number of hydrogen-bond acceptors (Lipinski definition) is 7. The molecule has 2 bridgehead atoms. The highest BCUT2D eigenvalue weighted by atomic mass is 16.5. The number of carbonyl (C=O) groups excluding carboxylic acids is 3. The predicted molar refractivity (Wildman–Crippen MR) is 175 cm³/mol. The van der Waals surface area contributed by atoms with Gasteiger partial charge in [-0.05, 0) is 62.8 Å². The first-order valence-electron chi connectivity index (χ1n) is 16.1. The van der Waals surface area contributed by atoms with Crippen molar-refractivity contribution in [2.45, 2.75) is 103 Å². The maximum absolute atomic E-state index is 13.1. The molecule has 1 aromatic carbocycles. The second kappa shape index (κ2) is 18.3. The van der Waals surface area contributed by atoms with Crippen molar-refractivity contribution in [1.29, 1.82) is 0 Å². The van der Waals surface area contributed by atoms with Gasteiger partial charge in [0, 0.05) is 37.1 Å². The molecule has 9 nitrogen and oxygen atoms in total. The summed E-state index contributed by atoms with van der Waals surface area (Å²) in [5, 5.41) is 27.2. The Balaban J connectivity index is 1.78. The third kappa shape index (κ3) is 12.0. The average Bonchev–Trinajstić information content (AvgIpc) is 3.01. The summed E-state index contributed by atoms with van der Waals surface area (Å²) >= 11 is 0. The predicted octanol–water partition coefficient (Wildman–Crippen LogP) is 5.68. The molecule has 2 amide bonds. The van der Waals surface area contributed by atoms with Crippen LogP contribution in [-0.4, -0.2) is 59.5 Å². The van der Waals surface area contributed by atoms with Crippen molar-refractivity contribution in [3.8, 4) is 5.75 Å². The van der Waals surface area contributed by atoms with Crippen LogP contribution in [0.5, 0.6) is 5.75 Å². The molecule has 0 spiro atoms. The van der Waals surface area contributed by atoms with Gasteiger partial charge in [-0.15, -0.1) is 0 Å². The van der Waals surface area contributed by atoms with E-state index in [4.69, 9.17) is 9.47 Å². The van der Waals surface area contributed by atoms with E-state index in [1.165, 1.54) is 13.2 Å². The van der Waals surface area contributed by atoms with Gasteiger partial charge in [0.25, 0.3) is 0 Å². The van der Waals surface area contributed by atoms with Crippen molar-refractivity contribution in [3.63, 3.8) is 0 Å². The maximum atomic E-state index is 13.1. The number of aromatic hydroxyl groups is 1. The summed E-state index contributed by atoms with van der Waals surface area (Å²) in [6, 6.07) is 4.16. The van der Waals surface area contributed by atoms with Crippen molar-refractivity contribution in [2.75, 3.05) is 12.4 Å². The third-order valence-electron chi connectivity index (χ3n) is 8.52. The minimum absolute atomic E-state index is 0.0465. The molecular weight excluding hydrogens is 572 g/mol.